The summed E-state index contributed by atoms with van der Waals surface area (Å²) in [5, 5.41) is 0. The second-order valence-corrected chi connectivity index (χ2v) is 3.45. The lowest BCUT2D eigenvalue weighted by molar-refractivity contribution is 0.624. The number of alkyl halides is 1. The first-order chi connectivity index (χ1) is 6.33. The zero-order valence-electron chi connectivity index (χ0n) is 7.44. The van der Waals surface area contributed by atoms with Gasteiger partial charge in [-0.1, -0.05) is 12.1 Å². The smallest absolute Gasteiger partial charge is 0.0961 e. The van der Waals surface area contributed by atoms with Crippen molar-refractivity contribution >= 4 is 22.6 Å². The van der Waals surface area contributed by atoms with Crippen molar-refractivity contribution in [3.63, 3.8) is 0 Å². The second-order valence-electron chi connectivity index (χ2n) is 3.14. The number of imidazole rings is 1. The van der Waals surface area contributed by atoms with E-state index < -0.39 is 0 Å². The number of halogens is 1. The quantitative estimate of drug-likeness (QED) is 0.673. The lowest BCUT2D eigenvalue weighted by Gasteiger charge is -2.09. The van der Waals surface area contributed by atoms with Crippen LogP contribution < -0.4 is 0 Å². The van der Waals surface area contributed by atoms with Crippen LogP contribution in [0.5, 0.6) is 0 Å². The Labute approximate surface area is 82.1 Å². The molecule has 2 rings (SSSR count). The van der Waals surface area contributed by atoms with E-state index in [0.717, 1.165) is 11.0 Å². The summed E-state index contributed by atoms with van der Waals surface area (Å²) < 4.78 is 2.10. The Bertz CT molecular complexity index is 408. The summed E-state index contributed by atoms with van der Waals surface area (Å²) in [4.78, 5) is 4.29. The summed E-state index contributed by atoms with van der Waals surface area (Å²) in [6.07, 6.45) is 1.84. The first-order valence-electron chi connectivity index (χ1n) is 4.30. The van der Waals surface area contributed by atoms with E-state index in [4.69, 9.17) is 11.6 Å². The van der Waals surface area contributed by atoms with Gasteiger partial charge in [0.15, 0.2) is 0 Å². The maximum atomic E-state index is 5.80. The molecular weight excluding hydrogens is 184 g/mol. The largest absolute Gasteiger partial charge is 0.327 e. The molecule has 0 radical (unpaired) electrons. The number of aromatic nitrogens is 2. The molecule has 0 aliphatic heterocycles. The molecule has 0 saturated carbocycles. The number of rotatable bonds is 2. The number of benzene rings is 1. The van der Waals surface area contributed by atoms with Crippen LogP contribution in [0, 0.1) is 0 Å². The molecule has 1 heterocycles. The predicted molar refractivity (Wildman–Crippen MR) is 55.2 cm³/mol. The van der Waals surface area contributed by atoms with Crippen LogP contribution in [0.3, 0.4) is 0 Å². The van der Waals surface area contributed by atoms with Crippen LogP contribution in [0.1, 0.15) is 13.0 Å². The van der Waals surface area contributed by atoms with E-state index in [1.807, 2.05) is 24.5 Å². The summed E-state index contributed by atoms with van der Waals surface area (Å²) in [6.45, 7) is 2.08. The van der Waals surface area contributed by atoms with E-state index in [1.165, 1.54) is 0 Å². The average molecular weight is 195 g/mol. The Hall–Kier alpha value is -1.02. The zero-order chi connectivity index (χ0) is 9.26. The van der Waals surface area contributed by atoms with Crippen LogP contribution >= 0.6 is 11.6 Å². The van der Waals surface area contributed by atoms with Crippen molar-refractivity contribution in [1.82, 2.24) is 9.55 Å². The normalized spacial score (nSPS) is 13.4. The van der Waals surface area contributed by atoms with Gasteiger partial charge in [-0.15, -0.1) is 11.6 Å². The summed E-state index contributed by atoms with van der Waals surface area (Å²) in [7, 11) is 0. The van der Waals surface area contributed by atoms with Crippen LogP contribution in [-0.2, 0) is 0 Å². The van der Waals surface area contributed by atoms with Crippen molar-refractivity contribution < 1.29 is 0 Å². The van der Waals surface area contributed by atoms with Crippen LogP contribution in [0.2, 0.25) is 0 Å². The van der Waals surface area contributed by atoms with Crippen molar-refractivity contribution in [1.29, 1.82) is 0 Å². The molecule has 0 aliphatic rings. The molecule has 2 nitrogen and oxygen atoms in total. The van der Waals surface area contributed by atoms with Crippen molar-refractivity contribution in [3.05, 3.63) is 30.6 Å². The molecular formula is C10H11ClN2. The molecule has 13 heavy (non-hydrogen) atoms. The van der Waals surface area contributed by atoms with E-state index in [0.29, 0.717) is 11.9 Å². The number of fused-ring (bicyclic) bond motifs is 1. The van der Waals surface area contributed by atoms with Gasteiger partial charge in [-0.25, -0.2) is 4.98 Å². The highest BCUT2D eigenvalue weighted by molar-refractivity contribution is 6.18. The maximum absolute atomic E-state index is 5.80. The van der Waals surface area contributed by atoms with Crippen LogP contribution in [0.4, 0.5) is 0 Å². The Kier molecular flexibility index (Phi) is 2.23. The van der Waals surface area contributed by atoms with E-state index >= 15 is 0 Å². The van der Waals surface area contributed by atoms with Crippen molar-refractivity contribution in [2.45, 2.75) is 13.0 Å². The number of hydrogen-bond donors (Lipinski definition) is 0. The Morgan fingerprint density at radius 2 is 2.23 bits per heavy atom. The Morgan fingerprint density at radius 3 is 3.00 bits per heavy atom. The van der Waals surface area contributed by atoms with E-state index in [-0.39, 0.29) is 0 Å². The first-order valence-corrected chi connectivity index (χ1v) is 4.84. The van der Waals surface area contributed by atoms with E-state index in [1.54, 1.807) is 0 Å². The highest BCUT2D eigenvalue weighted by Crippen LogP contribution is 2.17. The fraction of sp³-hybridized carbons (Fsp3) is 0.300. The molecule has 0 fully saturated rings. The molecule has 0 N–H and O–H groups in total. The zero-order valence-corrected chi connectivity index (χ0v) is 8.20. The average Bonchev–Trinajstić information content (AvgIpc) is 2.60. The summed E-state index contributed by atoms with van der Waals surface area (Å²) >= 11 is 5.80. The number of para-hydroxylation sites is 2. The molecule has 3 heteroatoms. The molecule has 1 atom stereocenters. The van der Waals surface area contributed by atoms with Gasteiger partial charge >= 0.3 is 0 Å². The van der Waals surface area contributed by atoms with Crippen LogP contribution in [0.25, 0.3) is 11.0 Å². The van der Waals surface area contributed by atoms with Gasteiger partial charge in [0.2, 0.25) is 0 Å². The summed E-state index contributed by atoms with van der Waals surface area (Å²) in [5.74, 6) is 0.611. The molecule has 0 saturated heterocycles. The highest BCUT2D eigenvalue weighted by Gasteiger charge is 2.06. The monoisotopic (exact) mass is 194 g/mol. The summed E-state index contributed by atoms with van der Waals surface area (Å²) in [6, 6.07) is 8.37. The summed E-state index contributed by atoms with van der Waals surface area (Å²) in [5.41, 5.74) is 2.18. The van der Waals surface area contributed by atoms with Crippen LogP contribution in [0.15, 0.2) is 30.6 Å². The van der Waals surface area contributed by atoms with E-state index in [2.05, 4.69) is 22.5 Å². The highest BCUT2D eigenvalue weighted by atomic mass is 35.5. The molecule has 0 aliphatic carbocycles. The SMILES string of the molecule is CC(CCl)n1cnc2ccccc21. The lowest BCUT2D eigenvalue weighted by atomic mass is 10.3. The minimum atomic E-state index is 0.300. The van der Waals surface area contributed by atoms with Gasteiger partial charge in [-0.05, 0) is 19.1 Å². The Balaban J connectivity index is 2.57. The molecule has 1 unspecified atom stereocenters. The fourth-order valence-corrected chi connectivity index (χ4v) is 1.55. The van der Waals surface area contributed by atoms with Gasteiger partial charge in [0, 0.05) is 11.9 Å². The molecule has 1 aromatic carbocycles. The van der Waals surface area contributed by atoms with Gasteiger partial charge in [-0.2, -0.15) is 0 Å². The second kappa shape index (κ2) is 3.38. The maximum Gasteiger partial charge on any atom is 0.0961 e. The minimum absolute atomic E-state index is 0.300. The molecule has 0 amide bonds. The standard InChI is InChI=1S/C10H11ClN2/c1-8(6-11)13-7-12-9-4-2-3-5-10(9)13/h2-5,7-8H,6H2,1H3. The van der Waals surface area contributed by atoms with Gasteiger partial charge in [0.05, 0.1) is 17.4 Å². The third-order valence-corrected chi connectivity index (χ3v) is 2.63. The number of hydrogen-bond acceptors (Lipinski definition) is 1. The van der Waals surface area contributed by atoms with E-state index in [9.17, 15) is 0 Å². The predicted octanol–water partition coefficient (Wildman–Crippen LogP) is 2.84. The van der Waals surface area contributed by atoms with Gasteiger partial charge in [0.25, 0.3) is 0 Å². The molecule has 0 spiro atoms. The number of nitrogens with zero attached hydrogens (tertiary/aromatic N) is 2. The third kappa shape index (κ3) is 1.42. The lowest BCUT2D eigenvalue weighted by Crippen LogP contribution is -2.04. The molecule has 0 bridgehead atoms. The van der Waals surface area contributed by atoms with Gasteiger partial charge in [-0.3, -0.25) is 0 Å². The molecule has 2 aromatic rings. The van der Waals surface area contributed by atoms with Crippen molar-refractivity contribution in [2.75, 3.05) is 5.88 Å². The molecule has 68 valence electrons. The fourth-order valence-electron chi connectivity index (χ4n) is 1.40. The van der Waals surface area contributed by atoms with Gasteiger partial charge in [0.1, 0.15) is 0 Å². The topological polar surface area (TPSA) is 17.8 Å². The Morgan fingerprint density at radius 1 is 1.46 bits per heavy atom. The van der Waals surface area contributed by atoms with Gasteiger partial charge < -0.3 is 4.57 Å². The third-order valence-electron chi connectivity index (χ3n) is 2.18. The first kappa shape index (κ1) is 8.57. The molecule has 1 aromatic heterocycles. The van der Waals surface area contributed by atoms with Crippen molar-refractivity contribution in [2.24, 2.45) is 0 Å². The van der Waals surface area contributed by atoms with Crippen LogP contribution in [-0.4, -0.2) is 15.4 Å². The minimum Gasteiger partial charge on any atom is -0.327 e. The van der Waals surface area contributed by atoms with Crippen molar-refractivity contribution in [3.8, 4) is 0 Å².